The Balaban J connectivity index is 1.90. The summed E-state index contributed by atoms with van der Waals surface area (Å²) in [7, 11) is 1.94. The molecule has 0 atom stereocenters. The van der Waals surface area contributed by atoms with Gasteiger partial charge in [0.25, 0.3) is 0 Å². The van der Waals surface area contributed by atoms with E-state index in [2.05, 4.69) is 72.8 Å². The second kappa shape index (κ2) is 7.40. The van der Waals surface area contributed by atoms with Gasteiger partial charge in [0.05, 0.1) is 5.41 Å². The van der Waals surface area contributed by atoms with Crippen molar-refractivity contribution in [1.82, 2.24) is 4.90 Å². The summed E-state index contributed by atoms with van der Waals surface area (Å²) in [6, 6.07) is 29.3. The first-order chi connectivity index (χ1) is 13.2. The van der Waals surface area contributed by atoms with E-state index in [1.165, 1.54) is 22.3 Å². The molecule has 3 aromatic rings. The molecule has 0 bridgehead atoms. The summed E-state index contributed by atoms with van der Waals surface area (Å²) in [5, 5.41) is 0. The summed E-state index contributed by atoms with van der Waals surface area (Å²) in [6.07, 6.45) is 2.33. The molecule has 0 saturated heterocycles. The number of amides is 1. The fourth-order valence-electron chi connectivity index (χ4n) is 4.37. The number of likely N-dealkylation sites (N-methyl/N-ethyl adjacent to an activating group) is 1. The summed E-state index contributed by atoms with van der Waals surface area (Å²) in [5.41, 5.74) is 4.30. The van der Waals surface area contributed by atoms with Crippen LogP contribution in [0.3, 0.4) is 0 Å². The first-order valence-corrected chi connectivity index (χ1v) is 9.61. The Bertz CT molecular complexity index is 876. The van der Waals surface area contributed by atoms with Crippen LogP contribution in [0, 0.1) is 0 Å². The molecular formula is C25H25NO. The normalized spacial score (nSPS) is 15.9. The van der Waals surface area contributed by atoms with E-state index < -0.39 is 5.41 Å². The molecule has 0 spiro atoms. The Kier molecular flexibility index (Phi) is 4.81. The summed E-state index contributed by atoms with van der Waals surface area (Å²) in [6.45, 7) is 0.765. The molecule has 27 heavy (non-hydrogen) atoms. The van der Waals surface area contributed by atoms with E-state index in [9.17, 15) is 4.79 Å². The molecule has 0 radical (unpaired) electrons. The maximum absolute atomic E-state index is 13.8. The van der Waals surface area contributed by atoms with Gasteiger partial charge in [-0.3, -0.25) is 4.79 Å². The number of carbonyl (C=O) groups is 1. The number of hydrogen-bond acceptors (Lipinski definition) is 1. The fourth-order valence-corrected chi connectivity index (χ4v) is 4.37. The molecule has 4 rings (SSSR count). The van der Waals surface area contributed by atoms with Crippen molar-refractivity contribution >= 4 is 5.91 Å². The van der Waals surface area contributed by atoms with E-state index in [1.54, 1.807) is 0 Å². The third kappa shape index (κ3) is 3.40. The molecule has 1 heterocycles. The zero-order valence-electron chi connectivity index (χ0n) is 15.8. The van der Waals surface area contributed by atoms with E-state index >= 15 is 0 Å². The smallest absolute Gasteiger partial charge is 0.233 e. The third-order valence-electron chi connectivity index (χ3n) is 5.70. The van der Waals surface area contributed by atoms with Crippen LogP contribution in [0.5, 0.6) is 0 Å². The Labute approximate surface area is 161 Å². The number of benzene rings is 3. The highest BCUT2D eigenvalue weighted by molar-refractivity contribution is 5.90. The SMILES string of the molecule is CN1CCc2ccccc2C(Cc2ccccc2)(Cc2ccccc2)C1=O. The average molecular weight is 355 g/mol. The molecule has 2 nitrogen and oxygen atoms in total. The minimum absolute atomic E-state index is 0.222. The van der Waals surface area contributed by atoms with Gasteiger partial charge in [0, 0.05) is 13.6 Å². The molecule has 1 aliphatic rings. The standard InChI is InChI=1S/C25H25NO/c1-26-17-16-22-14-8-9-15-23(22)25(24(26)27,18-20-10-4-2-5-11-20)19-21-12-6-3-7-13-21/h2-15H,16-19H2,1H3. The quantitative estimate of drug-likeness (QED) is 0.678. The highest BCUT2D eigenvalue weighted by atomic mass is 16.2. The van der Waals surface area contributed by atoms with Crippen LogP contribution in [0.2, 0.25) is 0 Å². The van der Waals surface area contributed by atoms with Crippen molar-refractivity contribution in [2.24, 2.45) is 0 Å². The van der Waals surface area contributed by atoms with E-state index in [-0.39, 0.29) is 5.91 Å². The molecule has 0 saturated carbocycles. The first-order valence-electron chi connectivity index (χ1n) is 9.61. The summed E-state index contributed by atoms with van der Waals surface area (Å²) >= 11 is 0. The van der Waals surface area contributed by atoms with Crippen molar-refractivity contribution in [1.29, 1.82) is 0 Å². The summed E-state index contributed by atoms with van der Waals surface area (Å²) in [4.78, 5) is 15.7. The van der Waals surface area contributed by atoms with Gasteiger partial charge in [-0.05, 0) is 41.5 Å². The molecule has 0 unspecified atom stereocenters. The second-order valence-electron chi connectivity index (χ2n) is 7.54. The Hall–Kier alpha value is -2.87. The second-order valence-corrected chi connectivity index (χ2v) is 7.54. The van der Waals surface area contributed by atoms with Crippen LogP contribution in [0.15, 0.2) is 84.9 Å². The Morgan fingerprint density at radius 1 is 0.778 bits per heavy atom. The maximum Gasteiger partial charge on any atom is 0.233 e. The van der Waals surface area contributed by atoms with Gasteiger partial charge in [-0.25, -0.2) is 0 Å². The Morgan fingerprint density at radius 2 is 1.30 bits per heavy atom. The molecular weight excluding hydrogens is 330 g/mol. The van der Waals surface area contributed by atoms with E-state index in [4.69, 9.17) is 0 Å². The third-order valence-corrected chi connectivity index (χ3v) is 5.70. The predicted octanol–water partition coefficient (Wildman–Crippen LogP) is 4.42. The van der Waals surface area contributed by atoms with Gasteiger partial charge in [0.2, 0.25) is 5.91 Å². The van der Waals surface area contributed by atoms with Crippen LogP contribution in [0.1, 0.15) is 22.3 Å². The van der Waals surface area contributed by atoms with Crippen molar-refractivity contribution in [2.75, 3.05) is 13.6 Å². The lowest BCUT2D eigenvalue weighted by Gasteiger charge is -2.36. The Morgan fingerprint density at radius 3 is 1.89 bits per heavy atom. The lowest BCUT2D eigenvalue weighted by atomic mass is 9.69. The van der Waals surface area contributed by atoms with Gasteiger partial charge in [0.15, 0.2) is 0 Å². The number of carbonyl (C=O) groups excluding carboxylic acids is 1. The van der Waals surface area contributed by atoms with Crippen molar-refractivity contribution in [2.45, 2.75) is 24.7 Å². The van der Waals surface area contributed by atoms with Gasteiger partial charge in [-0.1, -0.05) is 84.9 Å². The van der Waals surface area contributed by atoms with E-state index in [1.807, 2.05) is 24.1 Å². The van der Waals surface area contributed by atoms with Gasteiger partial charge >= 0.3 is 0 Å². The predicted molar refractivity (Wildman–Crippen MR) is 110 cm³/mol. The minimum Gasteiger partial charge on any atom is -0.345 e. The van der Waals surface area contributed by atoms with Gasteiger partial charge in [-0.15, -0.1) is 0 Å². The van der Waals surface area contributed by atoms with Gasteiger partial charge in [-0.2, -0.15) is 0 Å². The lowest BCUT2D eigenvalue weighted by molar-refractivity contribution is -0.135. The highest BCUT2D eigenvalue weighted by Gasteiger charge is 2.44. The molecule has 3 aromatic carbocycles. The fraction of sp³-hybridized carbons (Fsp3) is 0.240. The van der Waals surface area contributed by atoms with Gasteiger partial charge in [0.1, 0.15) is 0 Å². The molecule has 1 aliphatic heterocycles. The van der Waals surface area contributed by atoms with Crippen LogP contribution in [-0.2, 0) is 29.5 Å². The molecule has 1 amide bonds. The van der Waals surface area contributed by atoms with Crippen LogP contribution in [0.4, 0.5) is 0 Å². The topological polar surface area (TPSA) is 20.3 Å². The first kappa shape index (κ1) is 17.5. The minimum atomic E-state index is -0.579. The van der Waals surface area contributed by atoms with Crippen LogP contribution < -0.4 is 0 Å². The lowest BCUT2D eigenvalue weighted by Crippen LogP contribution is -2.47. The van der Waals surface area contributed by atoms with Crippen LogP contribution in [0.25, 0.3) is 0 Å². The number of nitrogens with zero attached hydrogens (tertiary/aromatic N) is 1. The molecule has 0 aromatic heterocycles. The van der Waals surface area contributed by atoms with Crippen molar-refractivity contribution in [3.8, 4) is 0 Å². The van der Waals surface area contributed by atoms with E-state index in [0.717, 1.165) is 13.0 Å². The monoisotopic (exact) mass is 355 g/mol. The number of hydrogen-bond donors (Lipinski definition) is 0. The van der Waals surface area contributed by atoms with E-state index in [0.29, 0.717) is 12.8 Å². The molecule has 136 valence electrons. The summed E-state index contributed by atoms with van der Waals surface area (Å²) < 4.78 is 0. The molecule has 2 heteroatoms. The largest absolute Gasteiger partial charge is 0.345 e. The number of fused-ring (bicyclic) bond motifs is 1. The maximum atomic E-state index is 13.8. The molecule has 0 aliphatic carbocycles. The van der Waals surface area contributed by atoms with Crippen molar-refractivity contribution in [3.05, 3.63) is 107 Å². The highest BCUT2D eigenvalue weighted by Crippen LogP contribution is 2.38. The zero-order chi connectivity index (χ0) is 18.7. The van der Waals surface area contributed by atoms with Crippen LogP contribution in [-0.4, -0.2) is 24.4 Å². The average Bonchev–Trinajstić information content (AvgIpc) is 2.81. The summed E-state index contributed by atoms with van der Waals surface area (Å²) in [5.74, 6) is 0.222. The zero-order valence-corrected chi connectivity index (χ0v) is 15.8. The number of rotatable bonds is 4. The molecule has 0 fully saturated rings. The van der Waals surface area contributed by atoms with Crippen molar-refractivity contribution in [3.63, 3.8) is 0 Å². The van der Waals surface area contributed by atoms with Crippen molar-refractivity contribution < 1.29 is 4.79 Å². The van der Waals surface area contributed by atoms with Gasteiger partial charge < -0.3 is 4.90 Å². The van der Waals surface area contributed by atoms with Crippen LogP contribution >= 0.6 is 0 Å². The molecule has 0 N–H and O–H groups in total.